The van der Waals surface area contributed by atoms with Crippen LogP contribution in [0.2, 0.25) is 0 Å². The molecule has 0 bridgehead atoms. The minimum absolute atomic E-state index is 0.0329. The highest BCUT2D eigenvalue weighted by Gasteiger charge is 2.14. The lowest BCUT2D eigenvalue weighted by Crippen LogP contribution is -2.25. The van der Waals surface area contributed by atoms with Crippen LogP contribution in [0.3, 0.4) is 0 Å². The van der Waals surface area contributed by atoms with Gasteiger partial charge in [-0.25, -0.2) is 0 Å². The molecule has 25 heavy (non-hydrogen) atoms. The number of rotatable bonds is 5. The zero-order chi connectivity index (χ0) is 17.5. The van der Waals surface area contributed by atoms with Gasteiger partial charge in [0.1, 0.15) is 0 Å². The van der Waals surface area contributed by atoms with E-state index in [1.165, 1.54) is 25.7 Å². The van der Waals surface area contributed by atoms with Gasteiger partial charge >= 0.3 is 0 Å². The Hall–Kier alpha value is -2.49. The number of hydrogen-bond donors (Lipinski definition) is 2. The second-order valence-corrected chi connectivity index (χ2v) is 6.67. The summed E-state index contributed by atoms with van der Waals surface area (Å²) in [6.45, 7) is 2.13. The summed E-state index contributed by atoms with van der Waals surface area (Å²) in [5.74, 6) is 0.0329. The first-order valence-electron chi connectivity index (χ1n) is 9.21. The molecule has 1 heterocycles. The molecule has 3 N–H and O–H groups in total. The van der Waals surface area contributed by atoms with E-state index in [0.717, 1.165) is 35.7 Å². The monoisotopic (exact) mass is 337 g/mol. The second kappa shape index (κ2) is 8.56. The highest BCUT2D eigenvalue weighted by Crippen LogP contribution is 2.28. The molecule has 3 rings (SSSR count). The summed E-state index contributed by atoms with van der Waals surface area (Å²) in [6, 6.07) is 15.8. The van der Waals surface area contributed by atoms with Gasteiger partial charge in [-0.3, -0.25) is 4.79 Å². The maximum absolute atomic E-state index is 12.4. The van der Waals surface area contributed by atoms with Gasteiger partial charge in [0, 0.05) is 25.2 Å². The maximum atomic E-state index is 12.4. The van der Waals surface area contributed by atoms with E-state index >= 15 is 0 Å². The number of carbonyl (C=O) groups is 1. The fraction of sp³-hybridized carbons (Fsp3) is 0.381. The molecule has 1 amide bonds. The first kappa shape index (κ1) is 17.3. The van der Waals surface area contributed by atoms with Crippen molar-refractivity contribution in [1.82, 2.24) is 0 Å². The lowest BCUT2D eigenvalue weighted by molar-refractivity contribution is -0.116. The Morgan fingerprint density at radius 1 is 0.960 bits per heavy atom. The van der Waals surface area contributed by atoms with Gasteiger partial charge in [-0.15, -0.1) is 0 Å². The molecule has 1 saturated heterocycles. The standard InChI is InChI=1S/C21H27N3O/c22-18-10-4-3-9-17(18)13-14-21(25)23-19-11-5-6-12-20(19)24-15-7-1-2-8-16-24/h3-6,9-12H,1-2,7-8,13-16,22H2,(H,23,25). The minimum atomic E-state index is 0.0329. The first-order chi connectivity index (χ1) is 12.2. The highest BCUT2D eigenvalue weighted by atomic mass is 16.1. The molecule has 2 aromatic rings. The van der Waals surface area contributed by atoms with E-state index in [0.29, 0.717) is 12.8 Å². The van der Waals surface area contributed by atoms with E-state index in [9.17, 15) is 4.79 Å². The Bertz CT molecular complexity index is 706. The van der Waals surface area contributed by atoms with E-state index in [-0.39, 0.29) is 5.91 Å². The largest absolute Gasteiger partial charge is 0.399 e. The third-order valence-corrected chi connectivity index (χ3v) is 4.80. The number of anilines is 3. The van der Waals surface area contributed by atoms with E-state index < -0.39 is 0 Å². The Kier molecular flexibility index (Phi) is 5.94. The highest BCUT2D eigenvalue weighted by molar-refractivity contribution is 5.94. The SMILES string of the molecule is Nc1ccccc1CCC(=O)Nc1ccccc1N1CCCCCC1. The van der Waals surface area contributed by atoms with Crippen molar-refractivity contribution >= 4 is 23.0 Å². The minimum Gasteiger partial charge on any atom is -0.399 e. The van der Waals surface area contributed by atoms with Gasteiger partial charge in [-0.1, -0.05) is 43.2 Å². The van der Waals surface area contributed by atoms with E-state index in [1.54, 1.807) is 0 Å². The van der Waals surface area contributed by atoms with Crippen molar-refractivity contribution in [1.29, 1.82) is 0 Å². The van der Waals surface area contributed by atoms with Gasteiger partial charge < -0.3 is 16.0 Å². The Morgan fingerprint density at radius 2 is 1.64 bits per heavy atom. The quantitative estimate of drug-likeness (QED) is 0.803. The number of nitrogens with zero attached hydrogens (tertiary/aromatic N) is 1. The molecule has 0 unspecified atom stereocenters. The number of para-hydroxylation sites is 3. The number of hydrogen-bond acceptors (Lipinski definition) is 3. The van der Waals surface area contributed by atoms with Gasteiger partial charge in [-0.2, -0.15) is 0 Å². The van der Waals surface area contributed by atoms with Crippen LogP contribution >= 0.6 is 0 Å². The van der Waals surface area contributed by atoms with Crippen LogP contribution in [0.1, 0.15) is 37.7 Å². The molecule has 4 nitrogen and oxygen atoms in total. The molecule has 2 aromatic carbocycles. The van der Waals surface area contributed by atoms with Gasteiger partial charge in [0.2, 0.25) is 5.91 Å². The van der Waals surface area contributed by atoms with Gasteiger partial charge in [0.05, 0.1) is 11.4 Å². The van der Waals surface area contributed by atoms with Crippen LogP contribution in [0.4, 0.5) is 17.1 Å². The van der Waals surface area contributed by atoms with E-state index in [2.05, 4.69) is 16.3 Å². The Balaban J connectivity index is 1.64. The van der Waals surface area contributed by atoms with Crippen molar-refractivity contribution in [3.8, 4) is 0 Å². The summed E-state index contributed by atoms with van der Waals surface area (Å²) in [6.07, 6.45) is 6.12. The molecular formula is C21H27N3O. The number of nitrogens with two attached hydrogens (primary N) is 1. The van der Waals surface area contributed by atoms with Crippen LogP contribution < -0.4 is 16.0 Å². The molecule has 0 atom stereocenters. The average Bonchev–Trinajstić information content (AvgIpc) is 2.91. The van der Waals surface area contributed by atoms with Crippen molar-refractivity contribution in [3.63, 3.8) is 0 Å². The normalized spacial score (nSPS) is 14.8. The van der Waals surface area contributed by atoms with Crippen LogP contribution in [0, 0.1) is 0 Å². The molecular weight excluding hydrogens is 310 g/mol. The third kappa shape index (κ3) is 4.75. The number of amides is 1. The van der Waals surface area contributed by atoms with E-state index in [4.69, 9.17) is 5.73 Å². The molecule has 1 fully saturated rings. The third-order valence-electron chi connectivity index (χ3n) is 4.80. The molecule has 0 radical (unpaired) electrons. The van der Waals surface area contributed by atoms with Crippen LogP contribution in [-0.2, 0) is 11.2 Å². The summed E-state index contributed by atoms with van der Waals surface area (Å²) in [7, 11) is 0. The zero-order valence-corrected chi connectivity index (χ0v) is 14.7. The smallest absolute Gasteiger partial charge is 0.224 e. The lowest BCUT2D eigenvalue weighted by atomic mass is 10.1. The van der Waals surface area contributed by atoms with Gasteiger partial charge in [0.25, 0.3) is 0 Å². The van der Waals surface area contributed by atoms with E-state index in [1.807, 2.05) is 42.5 Å². The van der Waals surface area contributed by atoms with Crippen molar-refractivity contribution in [3.05, 3.63) is 54.1 Å². The van der Waals surface area contributed by atoms with Crippen molar-refractivity contribution in [2.75, 3.05) is 29.0 Å². The molecule has 0 aliphatic carbocycles. The predicted molar refractivity (Wildman–Crippen MR) is 105 cm³/mol. The van der Waals surface area contributed by atoms with Crippen molar-refractivity contribution < 1.29 is 4.79 Å². The Morgan fingerprint density at radius 3 is 2.40 bits per heavy atom. The fourth-order valence-corrected chi connectivity index (χ4v) is 3.39. The van der Waals surface area contributed by atoms with Crippen LogP contribution in [0.15, 0.2) is 48.5 Å². The predicted octanol–water partition coefficient (Wildman–Crippen LogP) is 4.22. The van der Waals surface area contributed by atoms with Gasteiger partial charge in [0.15, 0.2) is 0 Å². The van der Waals surface area contributed by atoms with Crippen molar-refractivity contribution in [2.45, 2.75) is 38.5 Å². The van der Waals surface area contributed by atoms with Crippen LogP contribution in [0.25, 0.3) is 0 Å². The summed E-state index contributed by atoms with van der Waals surface area (Å²) >= 11 is 0. The summed E-state index contributed by atoms with van der Waals surface area (Å²) < 4.78 is 0. The second-order valence-electron chi connectivity index (χ2n) is 6.67. The summed E-state index contributed by atoms with van der Waals surface area (Å²) in [5.41, 5.74) is 9.78. The first-order valence-corrected chi connectivity index (χ1v) is 9.21. The molecule has 1 aliphatic rings. The van der Waals surface area contributed by atoms with Crippen LogP contribution in [-0.4, -0.2) is 19.0 Å². The molecule has 0 saturated carbocycles. The molecule has 1 aliphatic heterocycles. The number of benzene rings is 2. The lowest BCUT2D eigenvalue weighted by Gasteiger charge is -2.25. The summed E-state index contributed by atoms with van der Waals surface area (Å²) in [5, 5.41) is 3.10. The summed E-state index contributed by atoms with van der Waals surface area (Å²) in [4.78, 5) is 14.8. The zero-order valence-electron chi connectivity index (χ0n) is 14.7. The molecule has 132 valence electrons. The maximum Gasteiger partial charge on any atom is 0.224 e. The topological polar surface area (TPSA) is 58.4 Å². The molecule has 0 spiro atoms. The average molecular weight is 337 g/mol. The van der Waals surface area contributed by atoms with Crippen LogP contribution in [0.5, 0.6) is 0 Å². The molecule has 0 aromatic heterocycles. The Labute approximate surface area is 150 Å². The van der Waals surface area contributed by atoms with Crippen molar-refractivity contribution in [2.24, 2.45) is 0 Å². The number of carbonyl (C=O) groups excluding carboxylic acids is 1. The number of aryl methyl sites for hydroxylation is 1. The van der Waals surface area contributed by atoms with Gasteiger partial charge in [-0.05, 0) is 43.0 Å². The molecule has 4 heteroatoms. The fourth-order valence-electron chi connectivity index (χ4n) is 3.39. The number of nitrogen functional groups attached to an aromatic ring is 1. The number of nitrogens with one attached hydrogen (secondary N) is 1.